The van der Waals surface area contributed by atoms with Crippen LogP contribution in [-0.2, 0) is 9.47 Å². The lowest BCUT2D eigenvalue weighted by molar-refractivity contribution is -0.105. The van der Waals surface area contributed by atoms with Crippen LogP contribution in [0.25, 0.3) is 0 Å². The van der Waals surface area contributed by atoms with Gasteiger partial charge in [0.05, 0.1) is 0 Å². The predicted octanol–water partition coefficient (Wildman–Crippen LogP) is 2.58. The van der Waals surface area contributed by atoms with Gasteiger partial charge in [-0.05, 0) is 6.42 Å². The van der Waals surface area contributed by atoms with Crippen molar-refractivity contribution in [1.82, 2.24) is 0 Å². The fourth-order valence-electron chi connectivity index (χ4n) is 0.964. The molecule has 0 N–H and O–H groups in total. The molecule has 2 heteroatoms. The highest BCUT2D eigenvalue weighted by molar-refractivity contribution is 4.98. The minimum absolute atomic E-state index is 0.0968. The van der Waals surface area contributed by atoms with E-state index < -0.39 is 0 Å². The van der Waals surface area contributed by atoms with Crippen molar-refractivity contribution in [3.05, 3.63) is 0 Å². The van der Waals surface area contributed by atoms with Gasteiger partial charge in [-0.15, -0.1) is 11.8 Å². The van der Waals surface area contributed by atoms with Crippen LogP contribution in [0.1, 0.15) is 39.0 Å². The Morgan fingerprint density at radius 2 is 1.69 bits per heavy atom. The molecular weight excluding hydrogens is 164 g/mol. The Hall–Kier alpha value is -0.520. The fraction of sp³-hybridized carbons (Fsp3) is 0.818. The third-order valence-electron chi connectivity index (χ3n) is 1.81. The van der Waals surface area contributed by atoms with Gasteiger partial charge in [0.2, 0.25) is 0 Å². The molecule has 0 amide bonds. The third kappa shape index (κ3) is 7.83. The van der Waals surface area contributed by atoms with Crippen LogP contribution in [-0.4, -0.2) is 20.5 Å². The molecule has 0 bridgehead atoms. The van der Waals surface area contributed by atoms with Crippen molar-refractivity contribution in [1.29, 1.82) is 0 Å². The van der Waals surface area contributed by atoms with E-state index in [1.54, 1.807) is 14.2 Å². The summed E-state index contributed by atoms with van der Waals surface area (Å²) in [5, 5.41) is 0. The fourth-order valence-corrected chi connectivity index (χ4v) is 0.964. The first-order valence-corrected chi connectivity index (χ1v) is 4.86. The molecule has 2 nitrogen and oxygen atoms in total. The standard InChI is InChI=1S/C11H20O2/c1-4-5-6-7-8-9-10-11(12-2)13-3/h11H,4-6,9-10H2,1-3H3. The molecule has 0 unspecified atom stereocenters. The minimum Gasteiger partial charge on any atom is -0.356 e. The van der Waals surface area contributed by atoms with Crippen molar-refractivity contribution < 1.29 is 9.47 Å². The number of hydrogen-bond donors (Lipinski definition) is 0. The van der Waals surface area contributed by atoms with Crippen LogP contribution >= 0.6 is 0 Å². The van der Waals surface area contributed by atoms with Crippen LogP contribution in [0.5, 0.6) is 0 Å². The van der Waals surface area contributed by atoms with Gasteiger partial charge >= 0.3 is 0 Å². The average molecular weight is 184 g/mol. The van der Waals surface area contributed by atoms with Crippen molar-refractivity contribution in [3.63, 3.8) is 0 Å². The van der Waals surface area contributed by atoms with E-state index in [0.717, 1.165) is 19.3 Å². The predicted molar refractivity (Wildman–Crippen MR) is 54.3 cm³/mol. The van der Waals surface area contributed by atoms with Crippen LogP contribution in [0.15, 0.2) is 0 Å². The Bertz CT molecular complexity index is 151. The molecule has 0 heterocycles. The second-order valence-corrected chi connectivity index (χ2v) is 2.90. The molecule has 0 aliphatic rings. The van der Waals surface area contributed by atoms with E-state index in [2.05, 4.69) is 18.8 Å². The zero-order valence-corrected chi connectivity index (χ0v) is 8.93. The molecule has 0 aromatic heterocycles. The summed E-state index contributed by atoms with van der Waals surface area (Å²) in [6, 6.07) is 0. The molecule has 13 heavy (non-hydrogen) atoms. The molecular formula is C11H20O2. The Kier molecular flexibility index (Phi) is 9.18. The van der Waals surface area contributed by atoms with Crippen molar-refractivity contribution in [2.24, 2.45) is 0 Å². The van der Waals surface area contributed by atoms with Crippen molar-refractivity contribution in [2.45, 2.75) is 45.3 Å². The lowest BCUT2D eigenvalue weighted by Gasteiger charge is -2.10. The van der Waals surface area contributed by atoms with E-state index >= 15 is 0 Å². The summed E-state index contributed by atoms with van der Waals surface area (Å²) in [5.41, 5.74) is 0. The van der Waals surface area contributed by atoms with Crippen LogP contribution in [0.3, 0.4) is 0 Å². The summed E-state index contributed by atoms with van der Waals surface area (Å²) >= 11 is 0. The van der Waals surface area contributed by atoms with Gasteiger partial charge in [0.15, 0.2) is 6.29 Å². The lowest BCUT2D eigenvalue weighted by Crippen LogP contribution is -2.11. The largest absolute Gasteiger partial charge is 0.356 e. The molecule has 0 saturated heterocycles. The summed E-state index contributed by atoms with van der Waals surface area (Å²) in [5.74, 6) is 6.24. The molecule has 0 aromatic carbocycles. The highest BCUT2D eigenvalue weighted by Gasteiger charge is 2.01. The summed E-state index contributed by atoms with van der Waals surface area (Å²) in [7, 11) is 3.30. The van der Waals surface area contributed by atoms with E-state index in [1.807, 2.05) is 0 Å². The summed E-state index contributed by atoms with van der Waals surface area (Å²) in [6.45, 7) is 2.17. The van der Waals surface area contributed by atoms with Gasteiger partial charge in [0.1, 0.15) is 0 Å². The average Bonchev–Trinajstić information content (AvgIpc) is 2.17. The van der Waals surface area contributed by atoms with Crippen LogP contribution < -0.4 is 0 Å². The first-order valence-electron chi connectivity index (χ1n) is 4.86. The maximum atomic E-state index is 5.04. The van der Waals surface area contributed by atoms with Crippen molar-refractivity contribution in [2.75, 3.05) is 14.2 Å². The molecule has 0 aliphatic heterocycles. The highest BCUT2D eigenvalue weighted by Crippen LogP contribution is 2.00. The third-order valence-corrected chi connectivity index (χ3v) is 1.81. The first kappa shape index (κ1) is 12.5. The second kappa shape index (κ2) is 9.57. The van der Waals surface area contributed by atoms with E-state index in [0.29, 0.717) is 0 Å². The number of rotatable bonds is 6. The SMILES string of the molecule is CCCCC#CCCC(OC)OC. The Morgan fingerprint density at radius 1 is 1.08 bits per heavy atom. The molecule has 0 fully saturated rings. The minimum atomic E-state index is -0.0968. The number of ether oxygens (including phenoxy) is 2. The molecule has 0 aliphatic carbocycles. The molecule has 0 saturated carbocycles. The van der Waals surface area contributed by atoms with E-state index in [-0.39, 0.29) is 6.29 Å². The van der Waals surface area contributed by atoms with Gasteiger partial charge in [0, 0.05) is 33.5 Å². The topological polar surface area (TPSA) is 18.5 Å². The van der Waals surface area contributed by atoms with E-state index in [9.17, 15) is 0 Å². The second-order valence-electron chi connectivity index (χ2n) is 2.90. The zero-order chi connectivity index (χ0) is 9.94. The summed E-state index contributed by atoms with van der Waals surface area (Å²) in [6.07, 6.45) is 5.04. The lowest BCUT2D eigenvalue weighted by atomic mass is 10.2. The number of unbranched alkanes of at least 4 members (excludes halogenated alkanes) is 2. The molecule has 0 rings (SSSR count). The van der Waals surface area contributed by atoms with E-state index in [1.165, 1.54) is 12.8 Å². The Balaban J connectivity index is 3.34. The smallest absolute Gasteiger partial charge is 0.157 e. The Labute approximate surface area is 81.6 Å². The normalized spacial score (nSPS) is 9.85. The molecule has 0 aromatic rings. The molecule has 0 spiro atoms. The number of hydrogen-bond acceptors (Lipinski definition) is 2. The molecule has 0 atom stereocenters. The summed E-state index contributed by atoms with van der Waals surface area (Å²) < 4.78 is 10.1. The van der Waals surface area contributed by atoms with Crippen LogP contribution in [0, 0.1) is 11.8 Å². The molecule has 76 valence electrons. The zero-order valence-electron chi connectivity index (χ0n) is 8.93. The maximum absolute atomic E-state index is 5.04. The van der Waals surface area contributed by atoms with Crippen molar-refractivity contribution in [3.8, 4) is 11.8 Å². The maximum Gasteiger partial charge on any atom is 0.157 e. The summed E-state index contributed by atoms with van der Waals surface area (Å²) in [4.78, 5) is 0. The van der Waals surface area contributed by atoms with Crippen LogP contribution in [0.2, 0.25) is 0 Å². The van der Waals surface area contributed by atoms with E-state index in [4.69, 9.17) is 9.47 Å². The highest BCUT2D eigenvalue weighted by atomic mass is 16.7. The van der Waals surface area contributed by atoms with Crippen molar-refractivity contribution >= 4 is 0 Å². The van der Waals surface area contributed by atoms with Crippen LogP contribution in [0.4, 0.5) is 0 Å². The Morgan fingerprint density at radius 3 is 2.23 bits per heavy atom. The molecule has 0 radical (unpaired) electrons. The monoisotopic (exact) mass is 184 g/mol. The van der Waals surface area contributed by atoms with Gasteiger partial charge in [-0.25, -0.2) is 0 Å². The van der Waals surface area contributed by atoms with Gasteiger partial charge in [-0.1, -0.05) is 13.3 Å². The van der Waals surface area contributed by atoms with Gasteiger partial charge in [0.25, 0.3) is 0 Å². The van der Waals surface area contributed by atoms with Gasteiger partial charge in [-0.3, -0.25) is 0 Å². The van der Waals surface area contributed by atoms with Gasteiger partial charge < -0.3 is 9.47 Å². The number of methoxy groups -OCH3 is 2. The quantitative estimate of drug-likeness (QED) is 0.359. The van der Waals surface area contributed by atoms with Gasteiger partial charge in [-0.2, -0.15) is 0 Å². The first-order chi connectivity index (χ1) is 6.35.